The fourth-order valence-corrected chi connectivity index (χ4v) is 8.57. The number of anilines is 1. The van der Waals surface area contributed by atoms with E-state index >= 15 is 0 Å². The lowest BCUT2D eigenvalue weighted by Crippen LogP contribution is -2.38. The van der Waals surface area contributed by atoms with Crippen molar-refractivity contribution in [3.05, 3.63) is 28.5 Å². The first kappa shape index (κ1) is 20.3. The van der Waals surface area contributed by atoms with Gasteiger partial charge in [0.1, 0.15) is 5.82 Å². The Kier molecular flexibility index (Phi) is 5.86. The van der Waals surface area contributed by atoms with Gasteiger partial charge in [0.2, 0.25) is 5.91 Å². The molecule has 1 aromatic carbocycles. The van der Waals surface area contributed by atoms with Gasteiger partial charge in [0.25, 0.3) is 0 Å². The largest absolute Gasteiger partial charge is 0.313 e. The van der Waals surface area contributed by atoms with Gasteiger partial charge in [-0.1, -0.05) is 53.4 Å². The molecule has 1 amide bonds. The Labute approximate surface area is 177 Å². The third kappa shape index (κ3) is 4.31. The molecule has 0 aromatic heterocycles. The number of benzene rings is 1. The van der Waals surface area contributed by atoms with E-state index < -0.39 is 21.7 Å². The number of halogens is 2. The molecule has 3 fully saturated rings. The minimum Gasteiger partial charge on any atom is -0.313 e. The molecule has 5 nitrogen and oxygen atoms in total. The van der Waals surface area contributed by atoms with E-state index in [1.165, 1.54) is 43.5 Å². The Balaban J connectivity index is 1.58. The third-order valence-electron chi connectivity index (χ3n) is 5.70. The number of carbonyl (C=O) groups excluding carboxylic acids is 1. The molecule has 0 radical (unpaired) electrons. The summed E-state index contributed by atoms with van der Waals surface area (Å²) in [5, 5.41) is 0.192. The summed E-state index contributed by atoms with van der Waals surface area (Å²) in [6.45, 7) is 0. The first-order chi connectivity index (χ1) is 13.3. The molecule has 152 valence electrons. The zero-order valence-electron chi connectivity index (χ0n) is 15.3. The molecule has 2 atom stereocenters. The van der Waals surface area contributed by atoms with Crippen LogP contribution in [0.4, 0.5) is 10.1 Å². The maximum Gasteiger partial charge on any atom is 0.248 e. The zero-order valence-corrected chi connectivity index (χ0v) is 18.5. The molecule has 1 aliphatic carbocycles. The number of fused-ring (bicyclic) bond motifs is 1. The molecule has 28 heavy (non-hydrogen) atoms. The van der Waals surface area contributed by atoms with Gasteiger partial charge < -0.3 is 4.90 Å². The van der Waals surface area contributed by atoms with Crippen molar-refractivity contribution in [1.82, 2.24) is 0 Å². The van der Waals surface area contributed by atoms with Gasteiger partial charge in [-0.25, -0.2) is 12.8 Å². The molecule has 2 aliphatic heterocycles. The number of hydrogen-bond donors (Lipinski definition) is 0. The summed E-state index contributed by atoms with van der Waals surface area (Å²) < 4.78 is 39.4. The number of aliphatic imine (C=N–C) groups is 1. The lowest BCUT2D eigenvalue weighted by molar-refractivity contribution is -0.118. The van der Waals surface area contributed by atoms with Crippen LogP contribution in [-0.4, -0.2) is 42.3 Å². The Hall–Kier alpha value is -0.930. The van der Waals surface area contributed by atoms with Crippen LogP contribution in [0.1, 0.15) is 38.5 Å². The fourth-order valence-electron chi connectivity index (χ4n) is 4.31. The third-order valence-corrected chi connectivity index (χ3v) is 9.40. The summed E-state index contributed by atoms with van der Waals surface area (Å²) in [7, 11) is -3.17. The molecule has 3 aliphatic rings. The first-order valence-corrected chi connectivity index (χ1v) is 13.0. The van der Waals surface area contributed by atoms with E-state index in [1.807, 2.05) is 0 Å². The molecular formula is C19H22BrFN2O3S2. The number of rotatable bonds is 4. The topological polar surface area (TPSA) is 66.8 Å². The number of amidine groups is 1. The second kappa shape index (κ2) is 8.07. The first-order valence-electron chi connectivity index (χ1n) is 9.55. The average molecular weight is 489 g/mol. The minimum absolute atomic E-state index is 0.0340. The highest BCUT2D eigenvalue weighted by molar-refractivity contribution is 9.10. The quantitative estimate of drug-likeness (QED) is 0.636. The predicted octanol–water partition coefficient (Wildman–Crippen LogP) is 4.16. The van der Waals surface area contributed by atoms with Crippen LogP contribution in [0.3, 0.4) is 0 Å². The van der Waals surface area contributed by atoms with Crippen molar-refractivity contribution in [1.29, 1.82) is 0 Å². The van der Waals surface area contributed by atoms with Crippen LogP contribution in [0, 0.1) is 11.7 Å². The second-order valence-electron chi connectivity index (χ2n) is 7.74. The van der Waals surface area contributed by atoms with E-state index in [9.17, 15) is 17.6 Å². The van der Waals surface area contributed by atoms with Crippen LogP contribution in [0.2, 0.25) is 0 Å². The zero-order chi connectivity index (χ0) is 19.9. The highest BCUT2D eigenvalue weighted by Crippen LogP contribution is 2.42. The van der Waals surface area contributed by atoms with Gasteiger partial charge in [-0.05, 0) is 30.5 Å². The average Bonchev–Trinajstić information content (AvgIpc) is 3.29. The van der Waals surface area contributed by atoms with Crippen molar-refractivity contribution in [2.24, 2.45) is 10.9 Å². The van der Waals surface area contributed by atoms with Crippen LogP contribution >= 0.6 is 27.7 Å². The number of thioether (sulfide) groups is 1. The molecule has 1 aromatic rings. The van der Waals surface area contributed by atoms with Gasteiger partial charge in [-0.15, -0.1) is 0 Å². The lowest BCUT2D eigenvalue weighted by Gasteiger charge is -2.25. The number of amides is 1. The molecular weight excluding hydrogens is 467 g/mol. The summed E-state index contributed by atoms with van der Waals surface area (Å²) >= 11 is 4.53. The van der Waals surface area contributed by atoms with Crippen molar-refractivity contribution in [3.8, 4) is 0 Å². The van der Waals surface area contributed by atoms with Crippen LogP contribution in [0.15, 0.2) is 27.7 Å². The number of carbonyl (C=O) groups is 1. The van der Waals surface area contributed by atoms with Crippen molar-refractivity contribution >= 4 is 54.3 Å². The van der Waals surface area contributed by atoms with Gasteiger partial charge in [-0.2, -0.15) is 4.99 Å². The monoisotopic (exact) mass is 488 g/mol. The summed E-state index contributed by atoms with van der Waals surface area (Å²) in [6.07, 6.45) is 6.05. The molecule has 0 bridgehead atoms. The fraction of sp³-hybridized carbons (Fsp3) is 0.579. The maximum atomic E-state index is 14.6. The van der Waals surface area contributed by atoms with E-state index in [2.05, 4.69) is 20.9 Å². The van der Waals surface area contributed by atoms with Crippen molar-refractivity contribution in [3.63, 3.8) is 0 Å². The Morgan fingerprint density at radius 2 is 2.04 bits per heavy atom. The van der Waals surface area contributed by atoms with Gasteiger partial charge in [0.15, 0.2) is 15.0 Å². The lowest BCUT2D eigenvalue weighted by atomic mass is 10.0. The van der Waals surface area contributed by atoms with E-state index in [4.69, 9.17) is 0 Å². The van der Waals surface area contributed by atoms with Crippen LogP contribution < -0.4 is 4.90 Å². The molecule has 4 rings (SSSR count). The summed E-state index contributed by atoms with van der Waals surface area (Å²) in [6, 6.07) is 4.26. The normalized spacial score (nSPS) is 28.2. The Morgan fingerprint density at radius 1 is 1.29 bits per heavy atom. The number of hydrogen-bond acceptors (Lipinski definition) is 4. The summed E-state index contributed by atoms with van der Waals surface area (Å²) in [5.41, 5.74) is 0.266. The molecule has 0 unspecified atom stereocenters. The minimum atomic E-state index is -3.17. The Bertz CT molecular complexity index is 916. The van der Waals surface area contributed by atoms with E-state index in [-0.39, 0.29) is 28.4 Å². The van der Waals surface area contributed by atoms with Gasteiger partial charge >= 0.3 is 0 Å². The second-order valence-corrected chi connectivity index (χ2v) is 12.0. The maximum absolute atomic E-state index is 14.6. The molecule has 1 saturated carbocycles. The molecule has 0 N–H and O–H groups in total. The molecule has 9 heteroatoms. The van der Waals surface area contributed by atoms with Gasteiger partial charge in [0, 0.05) is 16.1 Å². The molecule has 2 saturated heterocycles. The van der Waals surface area contributed by atoms with Crippen molar-refractivity contribution in [2.45, 2.75) is 49.8 Å². The van der Waals surface area contributed by atoms with Crippen LogP contribution in [0.5, 0.6) is 0 Å². The van der Waals surface area contributed by atoms with E-state index in [1.54, 1.807) is 17.0 Å². The summed E-state index contributed by atoms with van der Waals surface area (Å²) in [5.74, 6) is -0.0856. The van der Waals surface area contributed by atoms with Crippen molar-refractivity contribution < 1.29 is 17.6 Å². The van der Waals surface area contributed by atoms with Gasteiger partial charge in [-0.3, -0.25) is 4.79 Å². The van der Waals surface area contributed by atoms with E-state index in [0.717, 1.165) is 6.42 Å². The van der Waals surface area contributed by atoms with Crippen LogP contribution in [0.25, 0.3) is 0 Å². The summed E-state index contributed by atoms with van der Waals surface area (Å²) in [4.78, 5) is 18.4. The number of sulfone groups is 1. The number of nitrogens with zero attached hydrogens (tertiary/aromatic N) is 2. The molecule has 0 spiro atoms. The predicted molar refractivity (Wildman–Crippen MR) is 114 cm³/mol. The van der Waals surface area contributed by atoms with Crippen LogP contribution in [-0.2, 0) is 14.6 Å². The standard InChI is InChI=1S/C19H22BrFN2O3S2/c20-13-6-7-15(14(21)9-13)23-16-10-28(25,26)11-17(16)27-19(23)22-18(24)8-5-12-3-1-2-4-12/h6-7,9,12,16-17H,1-5,8,10-11H2/t16-,17+/m0/s1. The smallest absolute Gasteiger partial charge is 0.248 e. The highest BCUT2D eigenvalue weighted by atomic mass is 79.9. The Morgan fingerprint density at radius 3 is 2.75 bits per heavy atom. The van der Waals surface area contributed by atoms with Gasteiger partial charge in [0.05, 0.1) is 23.2 Å². The molecule has 2 heterocycles. The SMILES string of the molecule is O=C(CCC1CCCC1)N=C1S[C@@H]2CS(=O)(=O)C[C@@H]2N1c1ccc(Br)cc1F. The van der Waals surface area contributed by atoms with Crippen molar-refractivity contribution in [2.75, 3.05) is 16.4 Å². The van der Waals surface area contributed by atoms with E-state index in [0.29, 0.717) is 22.0 Å². The highest BCUT2D eigenvalue weighted by Gasteiger charge is 2.50.